The molecule has 2 N–H and O–H groups in total. The largest absolute Gasteiger partial charge is 0.323 e. The average molecular weight is 324 g/mol. The number of halogens is 1. The molecule has 112 valence electrons. The van der Waals surface area contributed by atoms with Gasteiger partial charge in [-0.2, -0.15) is 0 Å². The summed E-state index contributed by atoms with van der Waals surface area (Å²) in [6.07, 6.45) is 0. The molecule has 21 heavy (non-hydrogen) atoms. The number of sulfone groups is 1. The molecule has 0 saturated heterocycles. The normalized spacial score (nSPS) is 14.7. The predicted molar refractivity (Wildman–Crippen MR) is 86.2 cm³/mol. The number of hydrogen-bond donors (Lipinski definition) is 1. The molecule has 0 amide bonds. The predicted octanol–water partition coefficient (Wildman–Crippen LogP) is 3.51. The summed E-state index contributed by atoms with van der Waals surface area (Å²) in [6, 6.07) is 13.2. The summed E-state index contributed by atoms with van der Waals surface area (Å²) in [6.45, 7) is 3.61. The van der Waals surface area contributed by atoms with Crippen molar-refractivity contribution in [1.82, 2.24) is 0 Å². The monoisotopic (exact) mass is 323 g/mol. The fourth-order valence-electron chi connectivity index (χ4n) is 2.09. The Morgan fingerprint density at radius 3 is 2.05 bits per heavy atom. The number of hydrogen-bond acceptors (Lipinski definition) is 3. The zero-order chi connectivity index (χ0) is 15.6. The molecule has 0 aliphatic rings. The maximum Gasteiger partial charge on any atom is 0.182 e. The molecule has 2 rings (SSSR count). The highest BCUT2D eigenvalue weighted by molar-refractivity contribution is 7.92. The Kier molecular flexibility index (Phi) is 4.71. The van der Waals surface area contributed by atoms with Crippen molar-refractivity contribution in [1.29, 1.82) is 0 Å². The lowest BCUT2D eigenvalue weighted by Gasteiger charge is -2.21. The minimum atomic E-state index is -3.50. The molecule has 2 aromatic rings. The second kappa shape index (κ2) is 6.18. The summed E-state index contributed by atoms with van der Waals surface area (Å²) >= 11 is 5.80. The van der Waals surface area contributed by atoms with E-state index in [0.29, 0.717) is 5.02 Å². The lowest BCUT2D eigenvalue weighted by atomic mass is 10.0. The molecule has 2 aromatic carbocycles. The van der Waals surface area contributed by atoms with Gasteiger partial charge in [-0.1, -0.05) is 41.4 Å². The van der Waals surface area contributed by atoms with Crippen molar-refractivity contribution in [2.24, 2.45) is 5.73 Å². The van der Waals surface area contributed by atoms with E-state index < -0.39 is 21.1 Å². The molecule has 5 heteroatoms. The average Bonchev–Trinajstić information content (AvgIpc) is 2.47. The molecule has 0 radical (unpaired) electrons. The Morgan fingerprint density at radius 2 is 1.52 bits per heavy atom. The van der Waals surface area contributed by atoms with Crippen LogP contribution in [0.2, 0.25) is 5.02 Å². The van der Waals surface area contributed by atoms with Crippen molar-refractivity contribution >= 4 is 21.4 Å². The van der Waals surface area contributed by atoms with E-state index in [1.54, 1.807) is 19.1 Å². The highest BCUT2D eigenvalue weighted by atomic mass is 35.5. The lowest BCUT2D eigenvalue weighted by Crippen LogP contribution is -2.31. The summed E-state index contributed by atoms with van der Waals surface area (Å²) in [5, 5.41) is -0.217. The van der Waals surface area contributed by atoms with Gasteiger partial charge >= 0.3 is 0 Å². The standard InChI is InChI=1S/C16H18ClNO2S/c1-11-3-5-13(6-4-11)16(18)12(2)21(19,20)15-9-7-14(17)8-10-15/h3-10,12,16H,18H2,1-2H3. The van der Waals surface area contributed by atoms with Crippen LogP contribution in [0.3, 0.4) is 0 Å². The van der Waals surface area contributed by atoms with Gasteiger partial charge in [0.05, 0.1) is 10.1 Å². The highest BCUT2D eigenvalue weighted by Gasteiger charge is 2.29. The molecule has 0 aliphatic heterocycles. The van der Waals surface area contributed by atoms with Crippen LogP contribution < -0.4 is 5.73 Å². The molecular weight excluding hydrogens is 306 g/mol. The molecule has 0 aromatic heterocycles. The van der Waals surface area contributed by atoms with Crippen molar-refractivity contribution < 1.29 is 8.42 Å². The Balaban J connectivity index is 2.31. The van der Waals surface area contributed by atoms with Crippen molar-refractivity contribution in [2.75, 3.05) is 0 Å². The second-order valence-electron chi connectivity index (χ2n) is 5.14. The molecule has 0 saturated carbocycles. The molecule has 0 fully saturated rings. The van der Waals surface area contributed by atoms with Crippen molar-refractivity contribution in [3.05, 3.63) is 64.7 Å². The Morgan fingerprint density at radius 1 is 1.00 bits per heavy atom. The van der Waals surface area contributed by atoms with E-state index in [-0.39, 0.29) is 4.90 Å². The van der Waals surface area contributed by atoms with Crippen molar-refractivity contribution in [2.45, 2.75) is 30.0 Å². The first-order valence-electron chi connectivity index (χ1n) is 6.64. The van der Waals surface area contributed by atoms with E-state index >= 15 is 0 Å². The fraction of sp³-hybridized carbons (Fsp3) is 0.250. The lowest BCUT2D eigenvalue weighted by molar-refractivity contribution is 0.565. The molecule has 0 spiro atoms. The topological polar surface area (TPSA) is 60.2 Å². The SMILES string of the molecule is Cc1ccc(C(N)C(C)S(=O)(=O)c2ccc(Cl)cc2)cc1. The van der Waals surface area contributed by atoms with E-state index in [2.05, 4.69) is 0 Å². The second-order valence-corrected chi connectivity index (χ2v) is 7.88. The van der Waals surface area contributed by atoms with Gasteiger partial charge in [-0.3, -0.25) is 0 Å². The van der Waals surface area contributed by atoms with E-state index in [9.17, 15) is 8.42 Å². The summed E-state index contributed by atoms with van der Waals surface area (Å²) in [4.78, 5) is 0.238. The number of aryl methyl sites for hydroxylation is 1. The molecule has 0 aliphatic carbocycles. The first kappa shape index (κ1) is 16.0. The van der Waals surface area contributed by atoms with Crippen LogP contribution in [0.5, 0.6) is 0 Å². The molecule has 0 heterocycles. The smallest absolute Gasteiger partial charge is 0.182 e. The van der Waals surface area contributed by atoms with Gasteiger partial charge in [0, 0.05) is 11.1 Å². The van der Waals surface area contributed by atoms with Crippen LogP contribution in [0.25, 0.3) is 0 Å². The molecule has 0 bridgehead atoms. The minimum Gasteiger partial charge on any atom is -0.323 e. The van der Waals surface area contributed by atoms with Crippen molar-refractivity contribution in [3.63, 3.8) is 0 Å². The van der Waals surface area contributed by atoms with Crippen LogP contribution in [0.1, 0.15) is 24.1 Å². The molecular formula is C16H18ClNO2S. The third kappa shape index (κ3) is 3.46. The third-order valence-electron chi connectivity index (χ3n) is 3.60. The van der Waals surface area contributed by atoms with Gasteiger partial charge in [0.1, 0.15) is 0 Å². The fourth-order valence-corrected chi connectivity index (χ4v) is 3.71. The van der Waals surface area contributed by atoms with Gasteiger partial charge in [-0.25, -0.2) is 8.42 Å². The zero-order valence-electron chi connectivity index (χ0n) is 12.0. The van der Waals surface area contributed by atoms with Crippen molar-refractivity contribution in [3.8, 4) is 0 Å². The van der Waals surface area contributed by atoms with Gasteiger partial charge in [-0.05, 0) is 43.7 Å². The van der Waals surface area contributed by atoms with E-state index in [1.807, 2.05) is 31.2 Å². The summed E-state index contributed by atoms with van der Waals surface area (Å²) in [5.74, 6) is 0. The van der Waals surface area contributed by atoms with Crippen LogP contribution in [-0.4, -0.2) is 13.7 Å². The van der Waals surface area contributed by atoms with Crippen LogP contribution in [-0.2, 0) is 9.84 Å². The Labute approximate surface area is 130 Å². The Hall–Kier alpha value is -1.36. The van der Waals surface area contributed by atoms with Crippen LogP contribution >= 0.6 is 11.6 Å². The zero-order valence-corrected chi connectivity index (χ0v) is 13.5. The summed E-state index contributed by atoms with van der Waals surface area (Å²) < 4.78 is 25.2. The first-order chi connectivity index (χ1) is 9.82. The maximum absolute atomic E-state index is 12.6. The maximum atomic E-state index is 12.6. The number of rotatable bonds is 4. The summed E-state index contributed by atoms with van der Waals surface area (Å²) in [5.41, 5.74) is 8.06. The molecule has 3 nitrogen and oxygen atoms in total. The Bertz CT molecular complexity index is 709. The van der Waals surface area contributed by atoms with Crippen LogP contribution in [0, 0.1) is 6.92 Å². The van der Waals surface area contributed by atoms with Gasteiger partial charge in [0.25, 0.3) is 0 Å². The quantitative estimate of drug-likeness (QED) is 0.936. The van der Waals surface area contributed by atoms with Gasteiger partial charge in [0.2, 0.25) is 0 Å². The first-order valence-corrected chi connectivity index (χ1v) is 8.56. The van der Waals surface area contributed by atoms with E-state index in [4.69, 9.17) is 17.3 Å². The van der Waals surface area contributed by atoms with E-state index in [0.717, 1.165) is 11.1 Å². The number of nitrogens with two attached hydrogens (primary N) is 1. The minimum absolute atomic E-state index is 0.238. The molecule has 2 atom stereocenters. The summed E-state index contributed by atoms with van der Waals surface area (Å²) in [7, 11) is -3.50. The highest BCUT2D eigenvalue weighted by Crippen LogP contribution is 2.26. The van der Waals surface area contributed by atoms with Gasteiger partial charge in [-0.15, -0.1) is 0 Å². The molecule has 2 unspecified atom stereocenters. The van der Waals surface area contributed by atoms with Crippen LogP contribution in [0.15, 0.2) is 53.4 Å². The van der Waals surface area contributed by atoms with Gasteiger partial charge in [0.15, 0.2) is 9.84 Å². The van der Waals surface area contributed by atoms with E-state index in [1.165, 1.54) is 12.1 Å². The number of benzene rings is 2. The third-order valence-corrected chi connectivity index (χ3v) is 6.05. The van der Waals surface area contributed by atoms with Gasteiger partial charge < -0.3 is 5.73 Å². The van der Waals surface area contributed by atoms with Crippen LogP contribution in [0.4, 0.5) is 0 Å².